The minimum Gasteiger partial charge on any atom is -0.479 e. The van der Waals surface area contributed by atoms with Crippen molar-refractivity contribution in [2.75, 3.05) is 11.9 Å². The van der Waals surface area contributed by atoms with Crippen molar-refractivity contribution in [3.05, 3.63) is 28.8 Å². The summed E-state index contributed by atoms with van der Waals surface area (Å²) in [6.45, 7) is 0.214. The smallest absolute Gasteiger partial charge is 0.332 e. The monoisotopic (exact) mass is 291 g/mol. The van der Waals surface area contributed by atoms with Gasteiger partial charge in [-0.2, -0.15) is 0 Å². The van der Waals surface area contributed by atoms with E-state index in [0.717, 1.165) is 12.1 Å². The van der Waals surface area contributed by atoms with Crippen molar-refractivity contribution in [1.82, 2.24) is 0 Å². The lowest BCUT2D eigenvalue weighted by Gasteiger charge is -2.14. The highest BCUT2D eigenvalue weighted by Crippen LogP contribution is 2.27. The quantitative estimate of drug-likeness (QED) is 0.895. The largest absolute Gasteiger partial charge is 0.479 e. The van der Waals surface area contributed by atoms with Crippen LogP contribution in [0.4, 0.5) is 14.5 Å². The van der Waals surface area contributed by atoms with E-state index in [4.69, 9.17) is 21.4 Å². The summed E-state index contributed by atoms with van der Waals surface area (Å²) in [5.74, 6) is -2.55. The van der Waals surface area contributed by atoms with Gasteiger partial charge in [0, 0.05) is 12.6 Å². The van der Waals surface area contributed by atoms with Gasteiger partial charge in [-0.3, -0.25) is 0 Å². The lowest BCUT2D eigenvalue weighted by molar-refractivity contribution is -0.149. The second-order valence-corrected chi connectivity index (χ2v) is 4.69. The van der Waals surface area contributed by atoms with E-state index in [1.807, 2.05) is 0 Å². The molecule has 2 unspecified atom stereocenters. The first-order chi connectivity index (χ1) is 8.97. The van der Waals surface area contributed by atoms with Crippen LogP contribution in [-0.4, -0.2) is 29.8 Å². The molecule has 2 atom stereocenters. The molecule has 1 heterocycles. The fourth-order valence-electron chi connectivity index (χ4n) is 1.96. The average molecular weight is 292 g/mol. The summed E-state index contributed by atoms with van der Waals surface area (Å²) >= 11 is 5.72. The summed E-state index contributed by atoms with van der Waals surface area (Å²) in [5.41, 5.74) is -0.00885. The minimum absolute atomic E-state index is 0.00885. The Bertz CT molecular complexity index is 475. The Morgan fingerprint density at radius 1 is 1.47 bits per heavy atom. The lowest BCUT2D eigenvalue weighted by atomic mass is 10.2. The predicted molar refractivity (Wildman–Crippen MR) is 65.4 cm³/mol. The summed E-state index contributed by atoms with van der Waals surface area (Å²) in [5, 5.41) is 11.4. The van der Waals surface area contributed by atoms with Crippen LogP contribution in [0.15, 0.2) is 12.1 Å². The Morgan fingerprint density at radius 3 is 2.79 bits per heavy atom. The number of carbonyl (C=O) groups is 1. The zero-order chi connectivity index (χ0) is 14.0. The number of ether oxygens (including phenoxy) is 1. The van der Waals surface area contributed by atoms with Gasteiger partial charge in [0.25, 0.3) is 0 Å². The molecule has 1 aliphatic rings. The number of nitrogens with one attached hydrogen (secondary N) is 1. The highest BCUT2D eigenvalue weighted by atomic mass is 35.5. The Hall–Kier alpha value is -1.40. The highest BCUT2D eigenvalue weighted by molar-refractivity contribution is 6.33. The molecular weight excluding hydrogens is 280 g/mol. The van der Waals surface area contributed by atoms with Crippen LogP contribution in [0, 0.1) is 11.6 Å². The summed E-state index contributed by atoms with van der Waals surface area (Å²) in [6, 6.07) is 1.73. The third kappa shape index (κ3) is 3.33. The highest BCUT2D eigenvalue weighted by Gasteiger charge is 2.30. The lowest BCUT2D eigenvalue weighted by Crippen LogP contribution is -2.24. The summed E-state index contributed by atoms with van der Waals surface area (Å²) in [7, 11) is 0. The first-order valence-corrected chi connectivity index (χ1v) is 6.12. The van der Waals surface area contributed by atoms with Gasteiger partial charge in [-0.25, -0.2) is 13.6 Å². The summed E-state index contributed by atoms with van der Waals surface area (Å²) < 4.78 is 31.6. The van der Waals surface area contributed by atoms with Crippen molar-refractivity contribution in [1.29, 1.82) is 0 Å². The molecule has 19 heavy (non-hydrogen) atoms. The molecule has 0 bridgehead atoms. The maximum atomic E-state index is 13.5. The number of benzene rings is 1. The molecule has 1 aliphatic heterocycles. The molecule has 0 amide bonds. The summed E-state index contributed by atoms with van der Waals surface area (Å²) in [6.07, 6.45) is -0.173. The van der Waals surface area contributed by atoms with E-state index in [-0.39, 0.29) is 23.4 Å². The molecule has 0 spiro atoms. The van der Waals surface area contributed by atoms with E-state index in [1.165, 1.54) is 0 Å². The number of halogens is 3. The molecule has 1 fully saturated rings. The van der Waals surface area contributed by atoms with Gasteiger partial charge in [0.2, 0.25) is 0 Å². The van der Waals surface area contributed by atoms with Crippen molar-refractivity contribution in [2.45, 2.75) is 25.0 Å². The molecule has 0 aromatic heterocycles. The van der Waals surface area contributed by atoms with Crippen LogP contribution in [0.2, 0.25) is 5.02 Å². The van der Waals surface area contributed by atoms with Crippen LogP contribution in [-0.2, 0) is 9.53 Å². The third-order valence-corrected chi connectivity index (χ3v) is 3.19. The normalized spacial score (nSPS) is 22.5. The number of hydrogen-bond donors (Lipinski definition) is 2. The van der Waals surface area contributed by atoms with E-state index < -0.39 is 23.7 Å². The maximum Gasteiger partial charge on any atom is 0.332 e. The molecule has 104 valence electrons. The van der Waals surface area contributed by atoms with Gasteiger partial charge in [0.15, 0.2) is 11.9 Å². The molecule has 1 aromatic carbocycles. The topological polar surface area (TPSA) is 58.6 Å². The SMILES string of the molecule is O=C(O)C1CCC(CNc2c(F)cc(F)cc2Cl)O1. The van der Waals surface area contributed by atoms with Crippen LogP contribution in [0.5, 0.6) is 0 Å². The van der Waals surface area contributed by atoms with E-state index in [1.54, 1.807) is 0 Å². The van der Waals surface area contributed by atoms with Crippen molar-refractivity contribution >= 4 is 23.3 Å². The van der Waals surface area contributed by atoms with E-state index in [0.29, 0.717) is 12.8 Å². The molecular formula is C12H12ClF2NO3. The van der Waals surface area contributed by atoms with Crippen LogP contribution in [0.1, 0.15) is 12.8 Å². The van der Waals surface area contributed by atoms with E-state index >= 15 is 0 Å². The number of carboxylic acid groups (broad SMARTS) is 1. The van der Waals surface area contributed by atoms with Gasteiger partial charge in [-0.15, -0.1) is 0 Å². The third-order valence-electron chi connectivity index (χ3n) is 2.90. The molecule has 0 aliphatic carbocycles. The number of hydrogen-bond acceptors (Lipinski definition) is 3. The summed E-state index contributed by atoms with van der Waals surface area (Å²) in [4.78, 5) is 10.7. The Morgan fingerprint density at radius 2 is 2.21 bits per heavy atom. The molecule has 1 aromatic rings. The zero-order valence-electron chi connectivity index (χ0n) is 9.83. The van der Waals surface area contributed by atoms with Gasteiger partial charge < -0.3 is 15.2 Å². The van der Waals surface area contributed by atoms with Crippen molar-refractivity contribution < 1.29 is 23.4 Å². The Kier molecular flexibility index (Phi) is 4.21. The molecule has 2 rings (SSSR count). The van der Waals surface area contributed by atoms with E-state index in [9.17, 15) is 13.6 Å². The number of aliphatic carboxylic acids is 1. The standard InChI is InChI=1S/C12H12ClF2NO3/c13-8-3-6(14)4-9(15)11(8)16-5-7-1-2-10(19-7)12(17)18/h3-4,7,10,16H,1-2,5H2,(H,17,18). The minimum atomic E-state index is -1.01. The molecule has 2 N–H and O–H groups in total. The van der Waals surface area contributed by atoms with Crippen molar-refractivity contribution in [3.8, 4) is 0 Å². The van der Waals surface area contributed by atoms with Crippen molar-refractivity contribution in [3.63, 3.8) is 0 Å². The second kappa shape index (κ2) is 5.71. The van der Waals surface area contributed by atoms with Gasteiger partial charge >= 0.3 is 5.97 Å². The van der Waals surface area contributed by atoms with Crippen LogP contribution >= 0.6 is 11.6 Å². The molecule has 4 nitrogen and oxygen atoms in total. The fourth-order valence-corrected chi connectivity index (χ4v) is 2.23. The van der Waals surface area contributed by atoms with Gasteiger partial charge in [-0.05, 0) is 18.9 Å². The number of carboxylic acids is 1. The molecule has 0 saturated carbocycles. The van der Waals surface area contributed by atoms with Crippen LogP contribution < -0.4 is 5.32 Å². The first-order valence-electron chi connectivity index (χ1n) is 5.74. The van der Waals surface area contributed by atoms with E-state index in [2.05, 4.69) is 5.32 Å². The molecule has 1 saturated heterocycles. The van der Waals surface area contributed by atoms with Crippen molar-refractivity contribution in [2.24, 2.45) is 0 Å². The second-order valence-electron chi connectivity index (χ2n) is 4.29. The molecule has 0 radical (unpaired) electrons. The van der Waals surface area contributed by atoms with Gasteiger partial charge in [0.05, 0.1) is 16.8 Å². The fraction of sp³-hybridized carbons (Fsp3) is 0.417. The van der Waals surface area contributed by atoms with Crippen LogP contribution in [0.3, 0.4) is 0 Å². The Labute approximate surface area is 113 Å². The Balaban J connectivity index is 1.95. The zero-order valence-corrected chi connectivity index (χ0v) is 10.6. The van der Waals surface area contributed by atoms with Gasteiger partial charge in [0.1, 0.15) is 5.82 Å². The van der Waals surface area contributed by atoms with Gasteiger partial charge in [-0.1, -0.05) is 11.6 Å². The van der Waals surface area contributed by atoms with Crippen LogP contribution in [0.25, 0.3) is 0 Å². The molecule has 7 heteroatoms. The predicted octanol–water partition coefficient (Wildman–Crippen LogP) is 2.66. The maximum absolute atomic E-state index is 13.5. The number of anilines is 1. The first kappa shape index (κ1) is 14.0. The number of rotatable bonds is 4. The average Bonchev–Trinajstić information content (AvgIpc) is 2.76.